The number of nitrogens with zero attached hydrogens (tertiary/aromatic N) is 3. The minimum atomic E-state index is 0.942. The SMILES string of the molecule is C1=Cc2c(ccc3c(C4=CC=C(c5ccc6ccc7cc(-c8ccnc9c8ccc8cccnc89)ccc7c6c5)CC4)nc4ccccc4c23)CC1. The molecule has 0 bridgehead atoms. The van der Waals surface area contributed by atoms with Gasteiger partial charge in [0.2, 0.25) is 0 Å². The third-order valence-electron chi connectivity index (χ3n) is 11.3. The highest BCUT2D eigenvalue weighted by Gasteiger charge is 2.19. The van der Waals surface area contributed by atoms with Gasteiger partial charge in [-0.2, -0.15) is 0 Å². The molecule has 0 N–H and O–H groups in total. The quantitative estimate of drug-likeness (QED) is 0.177. The van der Waals surface area contributed by atoms with Crippen LogP contribution in [0, 0.1) is 0 Å². The lowest BCUT2D eigenvalue weighted by molar-refractivity contribution is 0.990. The molecular formula is C49H33N3. The maximum absolute atomic E-state index is 5.28. The number of benzene rings is 6. The van der Waals surface area contributed by atoms with Gasteiger partial charge in [0.1, 0.15) is 0 Å². The highest BCUT2D eigenvalue weighted by molar-refractivity contribution is 6.14. The minimum absolute atomic E-state index is 0.942. The van der Waals surface area contributed by atoms with E-state index in [0.717, 1.165) is 58.7 Å². The molecule has 52 heavy (non-hydrogen) atoms. The van der Waals surface area contributed by atoms with Gasteiger partial charge in [0, 0.05) is 39.3 Å². The summed E-state index contributed by atoms with van der Waals surface area (Å²) in [6, 6.07) is 42.1. The van der Waals surface area contributed by atoms with Crippen molar-refractivity contribution in [3.8, 4) is 11.1 Å². The first-order chi connectivity index (χ1) is 25.8. The van der Waals surface area contributed by atoms with E-state index in [0.29, 0.717) is 0 Å². The second-order valence-corrected chi connectivity index (χ2v) is 14.2. The number of pyridine rings is 3. The highest BCUT2D eigenvalue weighted by atomic mass is 14.7. The van der Waals surface area contributed by atoms with E-state index < -0.39 is 0 Å². The molecule has 0 aliphatic heterocycles. The molecular weight excluding hydrogens is 631 g/mol. The Morgan fingerprint density at radius 3 is 2.27 bits per heavy atom. The van der Waals surface area contributed by atoms with Gasteiger partial charge in [0.15, 0.2) is 0 Å². The van der Waals surface area contributed by atoms with Gasteiger partial charge in [-0.25, -0.2) is 4.98 Å². The van der Waals surface area contributed by atoms with Crippen LogP contribution in [0.25, 0.3) is 93.4 Å². The van der Waals surface area contributed by atoms with Gasteiger partial charge in [-0.05, 0) is 117 Å². The molecule has 6 aromatic carbocycles. The maximum atomic E-state index is 5.28. The second kappa shape index (κ2) is 11.5. The Morgan fingerprint density at radius 1 is 0.500 bits per heavy atom. The van der Waals surface area contributed by atoms with E-state index in [2.05, 4.69) is 138 Å². The molecule has 0 radical (unpaired) electrons. The molecule has 9 aromatic rings. The van der Waals surface area contributed by atoms with Gasteiger partial charge in [-0.15, -0.1) is 0 Å². The number of para-hydroxylation sites is 1. The topological polar surface area (TPSA) is 38.7 Å². The molecule has 3 aromatic heterocycles. The van der Waals surface area contributed by atoms with Crippen LogP contribution in [-0.2, 0) is 6.42 Å². The number of rotatable bonds is 3. The monoisotopic (exact) mass is 663 g/mol. The van der Waals surface area contributed by atoms with E-state index in [4.69, 9.17) is 9.97 Å². The van der Waals surface area contributed by atoms with Gasteiger partial charge in [0.25, 0.3) is 0 Å². The molecule has 0 spiro atoms. The normalized spacial score (nSPS) is 14.4. The zero-order valence-electron chi connectivity index (χ0n) is 28.6. The van der Waals surface area contributed by atoms with E-state index >= 15 is 0 Å². The van der Waals surface area contributed by atoms with Crippen LogP contribution in [0.1, 0.15) is 41.6 Å². The van der Waals surface area contributed by atoms with E-state index in [-0.39, 0.29) is 0 Å². The molecule has 0 unspecified atom stereocenters. The predicted molar refractivity (Wildman–Crippen MR) is 219 cm³/mol. The summed E-state index contributed by atoms with van der Waals surface area (Å²) in [6.45, 7) is 0. The first kappa shape index (κ1) is 29.3. The first-order valence-corrected chi connectivity index (χ1v) is 18.3. The van der Waals surface area contributed by atoms with Crippen LogP contribution in [-0.4, -0.2) is 15.0 Å². The Labute approximate surface area is 301 Å². The molecule has 3 heterocycles. The Bertz CT molecular complexity index is 3070. The van der Waals surface area contributed by atoms with Crippen molar-refractivity contribution in [2.75, 3.05) is 0 Å². The second-order valence-electron chi connectivity index (χ2n) is 14.2. The fraction of sp³-hybridized carbons (Fsp3) is 0.0816. The lowest BCUT2D eigenvalue weighted by Crippen LogP contribution is -2.01. The van der Waals surface area contributed by atoms with E-state index in [1.807, 2.05) is 18.5 Å². The average Bonchev–Trinajstić information content (AvgIpc) is 3.22. The molecule has 2 aliphatic rings. The van der Waals surface area contributed by atoms with Gasteiger partial charge < -0.3 is 0 Å². The number of aryl methyl sites for hydroxylation is 1. The Morgan fingerprint density at radius 2 is 1.31 bits per heavy atom. The van der Waals surface area contributed by atoms with Crippen LogP contribution in [0.4, 0.5) is 0 Å². The largest absolute Gasteiger partial charge is 0.254 e. The molecule has 3 nitrogen and oxygen atoms in total. The molecule has 3 heteroatoms. The Kier molecular flexibility index (Phi) is 6.50. The number of hydrogen-bond donors (Lipinski definition) is 0. The van der Waals surface area contributed by atoms with E-state index in [9.17, 15) is 0 Å². The fourth-order valence-corrected chi connectivity index (χ4v) is 8.71. The third-order valence-corrected chi connectivity index (χ3v) is 11.3. The van der Waals surface area contributed by atoms with Crippen molar-refractivity contribution in [2.24, 2.45) is 0 Å². The first-order valence-electron chi connectivity index (χ1n) is 18.3. The Balaban J connectivity index is 0.987. The standard InChI is InChI=1S/C49H33N3/c1-2-8-40-31(6-1)19-24-43-46(40)42-9-3-4-10-45(42)52-47(43)34-15-11-30(12-16-34)35-17-13-32-14-18-36-28-37(21-22-38(36)44(32)29-35)39-25-27-51-49-41(39)23-20-33-7-5-26-50-48(33)49/h2-5,7-11,13-15,17-29H,1,6,12,16H2. The van der Waals surface area contributed by atoms with Gasteiger partial charge in [-0.1, -0.05) is 109 Å². The molecule has 0 atom stereocenters. The average molecular weight is 664 g/mol. The van der Waals surface area contributed by atoms with Crippen LogP contribution in [0.3, 0.4) is 0 Å². The van der Waals surface area contributed by atoms with Crippen molar-refractivity contribution < 1.29 is 0 Å². The zero-order chi connectivity index (χ0) is 34.2. The molecule has 0 amide bonds. The number of hydrogen-bond acceptors (Lipinski definition) is 3. The van der Waals surface area contributed by atoms with Crippen LogP contribution >= 0.6 is 0 Å². The molecule has 11 rings (SSSR count). The van der Waals surface area contributed by atoms with E-state index in [1.54, 1.807) is 0 Å². The number of allylic oxidation sites excluding steroid dienone is 5. The molecule has 0 saturated heterocycles. The van der Waals surface area contributed by atoms with Gasteiger partial charge in [0.05, 0.1) is 22.2 Å². The molecule has 0 saturated carbocycles. The lowest BCUT2D eigenvalue weighted by Gasteiger charge is -2.20. The number of fused-ring (bicyclic) bond motifs is 11. The van der Waals surface area contributed by atoms with Crippen LogP contribution < -0.4 is 0 Å². The summed E-state index contributed by atoms with van der Waals surface area (Å²) < 4.78 is 0. The summed E-state index contributed by atoms with van der Waals surface area (Å²) >= 11 is 0. The van der Waals surface area contributed by atoms with Gasteiger partial charge in [-0.3, -0.25) is 9.97 Å². The third kappa shape index (κ3) is 4.56. The van der Waals surface area contributed by atoms with E-state index in [1.165, 1.54) is 76.7 Å². The van der Waals surface area contributed by atoms with Crippen molar-refractivity contribution >= 4 is 82.2 Å². The van der Waals surface area contributed by atoms with Crippen molar-refractivity contribution in [1.29, 1.82) is 0 Å². The smallest absolute Gasteiger partial charge is 0.0970 e. The number of aromatic nitrogens is 3. The summed E-state index contributed by atoms with van der Waals surface area (Å²) in [5, 5.41) is 11.1. The summed E-state index contributed by atoms with van der Waals surface area (Å²) in [5.74, 6) is 0. The van der Waals surface area contributed by atoms with Gasteiger partial charge >= 0.3 is 0 Å². The lowest BCUT2D eigenvalue weighted by atomic mass is 9.86. The minimum Gasteiger partial charge on any atom is -0.254 e. The zero-order valence-corrected chi connectivity index (χ0v) is 28.6. The fourth-order valence-electron chi connectivity index (χ4n) is 8.71. The summed E-state index contributed by atoms with van der Waals surface area (Å²) in [5.41, 5.74) is 13.2. The van der Waals surface area contributed by atoms with Crippen LogP contribution in [0.5, 0.6) is 0 Å². The Hall–Kier alpha value is -6.45. The maximum Gasteiger partial charge on any atom is 0.0970 e. The molecule has 2 aliphatic carbocycles. The van der Waals surface area contributed by atoms with Crippen molar-refractivity contribution in [1.82, 2.24) is 15.0 Å². The van der Waals surface area contributed by atoms with Crippen LogP contribution in [0.15, 0.2) is 146 Å². The van der Waals surface area contributed by atoms with Crippen LogP contribution in [0.2, 0.25) is 0 Å². The highest BCUT2D eigenvalue weighted by Crippen LogP contribution is 2.41. The predicted octanol–water partition coefficient (Wildman–Crippen LogP) is 12.7. The summed E-state index contributed by atoms with van der Waals surface area (Å²) in [7, 11) is 0. The van der Waals surface area contributed by atoms with Crippen molar-refractivity contribution in [3.63, 3.8) is 0 Å². The van der Waals surface area contributed by atoms with Crippen molar-refractivity contribution in [3.05, 3.63) is 168 Å². The molecule has 0 fully saturated rings. The summed E-state index contributed by atoms with van der Waals surface area (Å²) in [6.07, 6.45) is 17.2. The van der Waals surface area contributed by atoms with Crippen molar-refractivity contribution in [2.45, 2.75) is 25.7 Å². The summed E-state index contributed by atoms with van der Waals surface area (Å²) in [4.78, 5) is 14.7. The molecule has 244 valence electrons.